The first kappa shape index (κ1) is 14.3. The van der Waals surface area contributed by atoms with Gasteiger partial charge in [0.05, 0.1) is 11.0 Å². The van der Waals surface area contributed by atoms with Gasteiger partial charge in [0.2, 0.25) is 5.91 Å². The van der Waals surface area contributed by atoms with E-state index in [1.807, 2.05) is 24.4 Å². The molecule has 0 fully saturated rings. The van der Waals surface area contributed by atoms with Crippen LogP contribution in [-0.2, 0) is 17.9 Å². The summed E-state index contributed by atoms with van der Waals surface area (Å²) in [6.45, 7) is 0.275. The molecule has 1 N–H and O–H groups in total. The van der Waals surface area contributed by atoms with Crippen molar-refractivity contribution >= 4 is 22.5 Å². The fourth-order valence-electron chi connectivity index (χ4n) is 2.72. The quantitative estimate of drug-likeness (QED) is 0.618. The maximum Gasteiger partial charge on any atom is 0.420 e. The molecule has 0 saturated carbocycles. The van der Waals surface area contributed by atoms with E-state index in [0.717, 1.165) is 11.1 Å². The van der Waals surface area contributed by atoms with E-state index in [1.165, 1.54) is 4.57 Å². The topological polar surface area (TPSA) is 81.5 Å². The van der Waals surface area contributed by atoms with Crippen molar-refractivity contribution in [1.82, 2.24) is 19.5 Å². The van der Waals surface area contributed by atoms with Gasteiger partial charge >= 0.3 is 5.76 Å². The van der Waals surface area contributed by atoms with E-state index >= 15 is 0 Å². The highest BCUT2D eigenvalue weighted by atomic mass is 16.4. The third-order valence-electron chi connectivity index (χ3n) is 3.88. The molecule has 0 aliphatic carbocycles. The van der Waals surface area contributed by atoms with Crippen LogP contribution >= 0.6 is 0 Å². The number of hydrogen-bond acceptors (Lipinski definition) is 4. The molecule has 4 aromatic rings. The van der Waals surface area contributed by atoms with Crippen molar-refractivity contribution in [1.29, 1.82) is 0 Å². The lowest BCUT2D eigenvalue weighted by Crippen LogP contribution is -2.30. The SMILES string of the molecule is O=C(Cn1c(=O)oc2ccccc21)NCc1cccn2nccc12. The van der Waals surface area contributed by atoms with E-state index in [4.69, 9.17) is 4.42 Å². The van der Waals surface area contributed by atoms with E-state index in [2.05, 4.69) is 10.4 Å². The van der Waals surface area contributed by atoms with Gasteiger partial charge in [-0.3, -0.25) is 9.36 Å². The molecule has 4 rings (SSSR count). The number of oxazole rings is 1. The highest BCUT2D eigenvalue weighted by molar-refractivity contribution is 5.79. The number of aromatic nitrogens is 3. The summed E-state index contributed by atoms with van der Waals surface area (Å²) in [5.41, 5.74) is 2.96. The van der Waals surface area contributed by atoms with Gasteiger partial charge < -0.3 is 9.73 Å². The molecule has 3 aromatic heterocycles. The number of para-hydroxylation sites is 2. The third-order valence-corrected chi connectivity index (χ3v) is 3.88. The van der Waals surface area contributed by atoms with Crippen molar-refractivity contribution in [3.05, 3.63) is 71.0 Å². The van der Waals surface area contributed by atoms with Gasteiger partial charge in [-0.25, -0.2) is 9.31 Å². The molecule has 24 heavy (non-hydrogen) atoms. The Morgan fingerprint density at radius 1 is 1.12 bits per heavy atom. The molecular formula is C17H14N4O3. The minimum atomic E-state index is -0.538. The predicted molar refractivity (Wildman–Crippen MR) is 87.5 cm³/mol. The van der Waals surface area contributed by atoms with Crippen molar-refractivity contribution in [2.24, 2.45) is 0 Å². The van der Waals surface area contributed by atoms with Crippen LogP contribution in [0.3, 0.4) is 0 Å². The van der Waals surface area contributed by atoms with Crippen LogP contribution in [0, 0.1) is 0 Å². The summed E-state index contributed by atoms with van der Waals surface area (Å²) in [7, 11) is 0. The molecule has 0 aliphatic rings. The van der Waals surface area contributed by atoms with Crippen LogP contribution in [-0.4, -0.2) is 20.1 Å². The van der Waals surface area contributed by atoms with Gasteiger partial charge in [0, 0.05) is 18.9 Å². The molecule has 0 bridgehead atoms. The normalized spacial score (nSPS) is 11.2. The fraction of sp³-hybridized carbons (Fsp3) is 0.118. The molecule has 0 unspecified atom stereocenters. The second-order valence-electron chi connectivity index (χ2n) is 5.39. The highest BCUT2D eigenvalue weighted by Gasteiger charge is 2.12. The van der Waals surface area contributed by atoms with E-state index in [-0.39, 0.29) is 12.5 Å². The van der Waals surface area contributed by atoms with Crippen LogP contribution in [0.1, 0.15) is 5.56 Å². The molecule has 0 aliphatic heterocycles. The van der Waals surface area contributed by atoms with Crippen LogP contribution in [0.5, 0.6) is 0 Å². The Labute approximate surface area is 136 Å². The van der Waals surface area contributed by atoms with Gasteiger partial charge in [-0.2, -0.15) is 5.10 Å². The monoisotopic (exact) mass is 322 g/mol. The van der Waals surface area contributed by atoms with Crippen LogP contribution in [0.4, 0.5) is 0 Å². The molecule has 1 aromatic carbocycles. The first-order valence-corrected chi connectivity index (χ1v) is 7.49. The molecule has 0 spiro atoms. The summed E-state index contributed by atoms with van der Waals surface area (Å²) in [6.07, 6.45) is 3.55. The number of hydrogen-bond donors (Lipinski definition) is 1. The van der Waals surface area contributed by atoms with Crippen LogP contribution in [0.15, 0.2) is 64.1 Å². The molecule has 0 radical (unpaired) electrons. The largest absolute Gasteiger partial charge is 0.420 e. The number of amides is 1. The molecule has 0 saturated heterocycles. The number of rotatable bonds is 4. The zero-order valence-corrected chi connectivity index (χ0v) is 12.7. The number of nitrogens with zero attached hydrogens (tertiary/aromatic N) is 3. The van der Waals surface area contributed by atoms with E-state index in [0.29, 0.717) is 17.6 Å². The van der Waals surface area contributed by atoms with E-state index in [1.54, 1.807) is 35.0 Å². The van der Waals surface area contributed by atoms with Crippen molar-refractivity contribution in [2.75, 3.05) is 0 Å². The van der Waals surface area contributed by atoms with Crippen molar-refractivity contribution in [3.8, 4) is 0 Å². The molecule has 7 heteroatoms. The maximum atomic E-state index is 12.2. The number of nitrogens with one attached hydrogen (secondary N) is 1. The Kier molecular flexibility index (Phi) is 3.38. The van der Waals surface area contributed by atoms with Crippen molar-refractivity contribution < 1.29 is 9.21 Å². The van der Waals surface area contributed by atoms with Gasteiger partial charge in [0.15, 0.2) is 5.58 Å². The van der Waals surface area contributed by atoms with Crippen molar-refractivity contribution in [2.45, 2.75) is 13.1 Å². The van der Waals surface area contributed by atoms with Crippen LogP contribution in [0.25, 0.3) is 16.6 Å². The predicted octanol–water partition coefficient (Wildman–Crippen LogP) is 1.56. The van der Waals surface area contributed by atoms with Gasteiger partial charge in [-0.05, 0) is 29.8 Å². The summed E-state index contributed by atoms with van der Waals surface area (Å²) in [5.74, 6) is -0.797. The molecular weight excluding hydrogens is 308 g/mol. The number of pyridine rings is 1. The first-order chi connectivity index (χ1) is 11.7. The molecule has 3 heterocycles. The average molecular weight is 322 g/mol. The Hall–Kier alpha value is -3.35. The third kappa shape index (κ3) is 2.45. The maximum absolute atomic E-state index is 12.2. The van der Waals surface area contributed by atoms with Gasteiger partial charge in [0.1, 0.15) is 6.54 Å². The summed E-state index contributed by atoms with van der Waals surface area (Å²) >= 11 is 0. The standard InChI is InChI=1S/C17H14N4O3/c22-16(11-20-14-5-1-2-6-15(14)24-17(20)23)18-10-12-4-3-9-21-13(12)7-8-19-21/h1-9H,10-11H2,(H,18,22). The number of carbonyl (C=O) groups is 1. The fourth-order valence-corrected chi connectivity index (χ4v) is 2.72. The Morgan fingerprint density at radius 3 is 2.92 bits per heavy atom. The second-order valence-corrected chi connectivity index (χ2v) is 5.39. The van der Waals surface area contributed by atoms with Gasteiger partial charge in [-0.15, -0.1) is 0 Å². The molecule has 7 nitrogen and oxygen atoms in total. The smallest absolute Gasteiger partial charge is 0.408 e. The minimum Gasteiger partial charge on any atom is -0.408 e. The van der Waals surface area contributed by atoms with Crippen LogP contribution < -0.4 is 11.1 Å². The van der Waals surface area contributed by atoms with E-state index in [9.17, 15) is 9.59 Å². The number of fused-ring (bicyclic) bond motifs is 2. The van der Waals surface area contributed by atoms with Gasteiger partial charge in [-0.1, -0.05) is 18.2 Å². The van der Waals surface area contributed by atoms with Gasteiger partial charge in [0.25, 0.3) is 0 Å². The molecule has 0 atom stereocenters. The average Bonchev–Trinajstić information content (AvgIpc) is 3.18. The zero-order valence-electron chi connectivity index (χ0n) is 12.7. The van der Waals surface area contributed by atoms with Crippen molar-refractivity contribution in [3.63, 3.8) is 0 Å². The Balaban J connectivity index is 1.52. The zero-order chi connectivity index (χ0) is 16.5. The molecule has 120 valence electrons. The Bertz CT molecular complexity index is 1090. The number of carbonyl (C=O) groups excluding carboxylic acids is 1. The first-order valence-electron chi connectivity index (χ1n) is 7.49. The summed E-state index contributed by atoms with van der Waals surface area (Å²) in [5, 5.41) is 6.99. The number of benzene rings is 1. The Morgan fingerprint density at radius 2 is 2.00 bits per heavy atom. The lowest BCUT2D eigenvalue weighted by Gasteiger charge is -2.07. The molecule has 1 amide bonds. The summed E-state index contributed by atoms with van der Waals surface area (Å²) < 4.78 is 8.19. The highest BCUT2D eigenvalue weighted by Crippen LogP contribution is 2.12. The minimum absolute atomic E-state index is 0.0851. The van der Waals surface area contributed by atoms with E-state index < -0.39 is 5.76 Å². The lowest BCUT2D eigenvalue weighted by molar-refractivity contribution is -0.121. The lowest BCUT2D eigenvalue weighted by atomic mass is 10.2. The van der Waals surface area contributed by atoms with Crippen LogP contribution in [0.2, 0.25) is 0 Å². The summed E-state index contributed by atoms with van der Waals surface area (Å²) in [4.78, 5) is 24.1. The second kappa shape index (κ2) is 5.69. The summed E-state index contributed by atoms with van der Waals surface area (Å²) in [6, 6.07) is 12.7.